The Kier molecular flexibility index (Phi) is 3.78. The van der Waals surface area contributed by atoms with E-state index in [1.54, 1.807) is 0 Å². The molecule has 0 saturated carbocycles. The Balaban J connectivity index is 2.25. The molecular weight excluding hydrogens is 278 g/mol. The van der Waals surface area contributed by atoms with E-state index in [4.69, 9.17) is 0 Å². The fraction of sp³-hybridized carbons (Fsp3) is 0.154. The van der Waals surface area contributed by atoms with Crippen molar-refractivity contribution in [3.63, 3.8) is 0 Å². The molecule has 1 N–H and O–H groups in total. The lowest BCUT2D eigenvalue weighted by atomic mass is 10.1. The summed E-state index contributed by atoms with van der Waals surface area (Å²) >= 11 is 0. The van der Waals surface area contributed by atoms with Crippen molar-refractivity contribution >= 4 is 5.91 Å². The zero-order chi connectivity index (χ0) is 14.8. The lowest BCUT2D eigenvalue weighted by molar-refractivity contribution is -0.155. The fourth-order valence-electron chi connectivity index (χ4n) is 1.62. The summed E-state index contributed by atoms with van der Waals surface area (Å²) < 4.78 is 56.3. The minimum atomic E-state index is -4.70. The van der Waals surface area contributed by atoms with Crippen molar-refractivity contribution in [1.29, 1.82) is 0 Å². The second kappa shape index (κ2) is 5.36. The van der Waals surface area contributed by atoms with E-state index in [1.807, 2.05) is 5.32 Å². The average Bonchev–Trinajstić information content (AvgIpc) is 2.89. The van der Waals surface area contributed by atoms with Crippen LogP contribution >= 0.6 is 0 Å². The van der Waals surface area contributed by atoms with Crippen LogP contribution in [0.25, 0.3) is 0 Å². The normalized spacial score (nSPS) is 13.0. The van der Waals surface area contributed by atoms with Crippen LogP contribution in [0.1, 0.15) is 22.0 Å². The summed E-state index contributed by atoms with van der Waals surface area (Å²) in [5.74, 6) is -1.58. The van der Waals surface area contributed by atoms with E-state index in [0.717, 1.165) is 30.5 Å². The fourth-order valence-corrected chi connectivity index (χ4v) is 1.62. The predicted octanol–water partition coefficient (Wildman–Crippen LogP) is 3.45. The van der Waals surface area contributed by atoms with E-state index >= 15 is 0 Å². The van der Waals surface area contributed by atoms with Gasteiger partial charge in [0, 0.05) is 0 Å². The summed E-state index contributed by atoms with van der Waals surface area (Å²) in [5, 5.41) is 1.85. The van der Waals surface area contributed by atoms with E-state index < -0.39 is 23.9 Å². The van der Waals surface area contributed by atoms with Gasteiger partial charge in [-0.25, -0.2) is 4.39 Å². The number of carbonyl (C=O) groups excluding carboxylic acids is 1. The van der Waals surface area contributed by atoms with Crippen molar-refractivity contribution in [1.82, 2.24) is 5.32 Å². The third-order valence-electron chi connectivity index (χ3n) is 2.59. The van der Waals surface area contributed by atoms with Crippen LogP contribution in [0.2, 0.25) is 0 Å². The largest absolute Gasteiger partial charge is 0.472 e. The van der Waals surface area contributed by atoms with Gasteiger partial charge >= 0.3 is 6.18 Å². The lowest BCUT2D eigenvalue weighted by Gasteiger charge is -2.21. The van der Waals surface area contributed by atoms with Gasteiger partial charge in [-0.2, -0.15) is 13.2 Å². The zero-order valence-corrected chi connectivity index (χ0v) is 9.95. The maximum absolute atomic E-state index is 13.0. The lowest BCUT2D eigenvalue weighted by Crippen LogP contribution is -2.38. The first-order chi connectivity index (χ1) is 9.38. The van der Waals surface area contributed by atoms with Gasteiger partial charge in [-0.05, 0) is 23.8 Å². The Morgan fingerprint density at radius 2 is 1.80 bits per heavy atom. The highest BCUT2D eigenvalue weighted by molar-refractivity contribution is 5.94. The standard InChI is InChI=1S/C13H9F4NO2/c14-10-3-1-8(2-4-10)11(13(15,16)17)18-12(19)9-5-6-20-7-9/h1-7,11H,(H,18,19). The van der Waals surface area contributed by atoms with Crippen LogP contribution in [0.15, 0.2) is 47.3 Å². The molecule has 3 nitrogen and oxygen atoms in total. The molecule has 2 rings (SSSR count). The molecule has 1 heterocycles. The van der Waals surface area contributed by atoms with Crippen molar-refractivity contribution in [2.45, 2.75) is 12.2 Å². The Morgan fingerprint density at radius 3 is 2.30 bits per heavy atom. The second-order valence-corrected chi connectivity index (χ2v) is 4.01. The Hall–Kier alpha value is -2.31. The molecule has 0 spiro atoms. The molecule has 1 unspecified atom stereocenters. The molecule has 0 fully saturated rings. The number of amides is 1. The summed E-state index contributed by atoms with van der Waals surface area (Å²) in [6, 6.07) is 2.78. The number of alkyl halides is 3. The highest BCUT2D eigenvalue weighted by Crippen LogP contribution is 2.33. The number of halogens is 4. The van der Waals surface area contributed by atoms with Gasteiger partial charge in [0.25, 0.3) is 5.91 Å². The highest BCUT2D eigenvalue weighted by Gasteiger charge is 2.42. The van der Waals surface area contributed by atoms with Gasteiger partial charge in [0.1, 0.15) is 12.1 Å². The van der Waals surface area contributed by atoms with Crippen molar-refractivity contribution in [2.75, 3.05) is 0 Å². The second-order valence-electron chi connectivity index (χ2n) is 4.01. The Morgan fingerprint density at radius 1 is 1.15 bits per heavy atom. The molecular formula is C13H9F4NO2. The number of benzene rings is 1. The molecule has 0 saturated heterocycles. The molecule has 1 aromatic heterocycles. The smallest absolute Gasteiger partial charge is 0.412 e. The Labute approximate surface area is 111 Å². The van der Waals surface area contributed by atoms with Gasteiger partial charge < -0.3 is 9.73 Å². The number of carbonyl (C=O) groups is 1. The van der Waals surface area contributed by atoms with Crippen LogP contribution in [-0.2, 0) is 0 Å². The number of hydrogen-bond acceptors (Lipinski definition) is 2. The van der Waals surface area contributed by atoms with Crippen molar-refractivity contribution < 1.29 is 26.8 Å². The summed E-state index contributed by atoms with van der Waals surface area (Å²) in [7, 11) is 0. The average molecular weight is 287 g/mol. The van der Waals surface area contributed by atoms with Gasteiger partial charge in [0.05, 0.1) is 11.8 Å². The van der Waals surface area contributed by atoms with Gasteiger partial charge in [-0.15, -0.1) is 0 Å². The molecule has 7 heteroatoms. The highest BCUT2D eigenvalue weighted by atomic mass is 19.4. The summed E-state index contributed by atoms with van der Waals surface area (Å²) in [5.41, 5.74) is -0.280. The zero-order valence-electron chi connectivity index (χ0n) is 9.95. The molecule has 0 aliphatic rings. The summed E-state index contributed by atoms with van der Waals surface area (Å²) in [4.78, 5) is 11.7. The number of hydrogen-bond donors (Lipinski definition) is 1. The maximum atomic E-state index is 13.0. The van der Waals surface area contributed by atoms with E-state index in [0.29, 0.717) is 0 Å². The molecule has 0 aliphatic carbocycles. The van der Waals surface area contributed by atoms with Crippen molar-refractivity contribution in [3.8, 4) is 0 Å². The van der Waals surface area contributed by atoms with Crippen LogP contribution in [0.5, 0.6) is 0 Å². The van der Waals surface area contributed by atoms with Crippen LogP contribution in [0.4, 0.5) is 17.6 Å². The molecule has 20 heavy (non-hydrogen) atoms. The van der Waals surface area contributed by atoms with E-state index in [1.165, 1.54) is 12.3 Å². The SMILES string of the molecule is O=C(NC(c1ccc(F)cc1)C(F)(F)F)c1ccoc1. The van der Waals surface area contributed by atoms with Crippen LogP contribution < -0.4 is 5.32 Å². The minimum Gasteiger partial charge on any atom is -0.472 e. The molecule has 106 valence electrons. The van der Waals surface area contributed by atoms with Crippen molar-refractivity contribution in [3.05, 3.63) is 59.8 Å². The predicted molar refractivity (Wildman–Crippen MR) is 61.4 cm³/mol. The summed E-state index contributed by atoms with van der Waals surface area (Å²) in [6.07, 6.45) is -2.49. The van der Waals surface area contributed by atoms with Gasteiger partial charge in [0.15, 0.2) is 6.04 Å². The van der Waals surface area contributed by atoms with Crippen LogP contribution in [0.3, 0.4) is 0 Å². The number of nitrogens with one attached hydrogen (secondary N) is 1. The molecule has 1 aromatic carbocycles. The van der Waals surface area contributed by atoms with Crippen LogP contribution in [-0.4, -0.2) is 12.1 Å². The van der Waals surface area contributed by atoms with Gasteiger partial charge in [-0.3, -0.25) is 4.79 Å². The monoisotopic (exact) mass is 287 g/mol. The van der Waals surface area contributed by atoms with E-state index in [9.17, 15) is 22.4 Å². The number of furan rings is 1. The van der Waals surface area contributed by atoms with E-state index in [2.05, 4.69) is 4.42 Å². The topological polar surface area (TPSA) is 42.2 Å². The van der Waals surface area contributed by atoms with Crippen molar-refractivity contribution in [2.24, 2.45) is 0 Å². The number of rotatable bonds is 3. The first-order valence-corrected chi connectivity index (χ1v) is 5.53. The molecule has 1 atom stereocenters. The van der Waals surface area contributed by atoms with Gasteiger partial charge in [-0.1, -0.05) is 12.1 Å². The quantitative estimate of drug-likeness (QED) is 0.878. The van der Waals surface area contributed by atoms with Crippen LogP contribution in [0, 0.1) is 5.82 Å². The third kappa shape index (κ3) is 3.17. The van der Waals surface area contributed by atoms with E-state index in [-0.39, 0.29) is 11.1 Å². The molecule has 0 aliphatic heterocycles. The third-order valence-corrected chi connectivity index (χ3v) is 2.59. The first-order valence-electron chi connectivity index (χ1n) is 5.53. The van der Waals surface area contributed by atoms with Gasteiger partial charge in [0.2, 0.25) is 0 Å². The first kappa shape index (κ1) is 14.1. The Bertz CT molecular complexity index is 575. The molecule has 2 aromatic rings. The maximum Gasteiger partial charge on any atom is 0.412 e. The summed E-state index contributed by atoms with van der Waals surface area (Å²) in [6.45, 7) is 0. The molecule has 0 bridgehead atoms. The molecule has 0 radical (unpaired) electrons. The molecule has 1 amide bonds. The minimum absolute atomic E-state index is 0.0265.